The van der Waals surface area contributed by atoms with Crippen LogP contribution in [0.1, 0.15) is 31.4 Å². The lowest BCUT2D eigenvalue weighted by molar-refractivity contribution is -0.136. The molecule has 0 bridgehead atoms. The summed E-state index contributed by atoms with van der Waals surface area (Å²) < 4.78 is 5.13. The van der Waals surface area contributed by atoms with Crippen molar-refractivity contribution >= 4 is 5.97 Å². The van der Waals surface area contributed by atoms with Gasteiger partial charge >= 0.3 is 5.97 Å². The molecule has 0 aliphatic carbocycles. The zero-order chi connectivity index (χ0) is 11.2. The molecule has 1 aliphatic heterocycles. The smallest absolute Gasteiger partial charge is 0.312 e. The Morgan fingerprint density at radius 1 is 1.40 bits per heavy atom. The van der Waals surface area contributed by atoms with Gasteiger partial charge in [-0.2, -0.15) is 0 Å². The number of fused-ring (bicyclic) bond motifs is 1. The molecular weight excluding hydrogens is 192 g/mol. The lowest BCUT2D eigenvalue weighted by Crippen LogP contribution is -2.31. The maximum Gasteiger partial charge on any atom is 0.312 e. The maximum absolute atomic E-state index is 11.4. The summed E-state index contributed by atoms with van der Waals surface area (Å²) in [5.74, 6) is 0.392. The summed E-state index contributed by atoms with van der Waals surface area (Å²) in [6.45, 7) is 5.94. The van der Waals surface area contributed by atoms with Crippen LogP contribution in [0.4, 0.5) is 0 Å². The number of hydrogen-bond acceptors (Lipinski definition) is 3. The lowest BCUT2D eigenvalue weighted by atomic mass is 9.77. The summed E-state index contributed by atoms with van der Waals surface area (Å²) in [6.07, 6.45) is 0.381. The predicted molar refractivity (Wildman–Crippen MR) is 56.1 cm³/mol. The highest BCUT2D eigenvalue weighted by Gasteiger charge is 2.35. The molecule has 3 nitrogen and oxygen atoms in total. The van der Waals surface area contributed by atoms with Crippen LogP contribution in [0.5, 0.6) is 11.5 Å². The molecule has 80 valence electrons. The van der Waals surface area contributed by atoms with Crippen molar-refractivity contribution < 1.29 is 14.6 Å². The number of esters is 1. The average molecular weight is 206 g/mol. The van der Waals surface area contributed by atoms with Crippen molar-refractivity contribution in [2.45, 2.75) is 32.6 Å². The Morgan fingerprint density at radius 2 is 2.07 bits per heavy atom. The van der Waals surface area contributed by atoms with Gasteiger partial charge in [-0.1, -0.05) is 13.8 Å². The Morgan fingerprint density at radius 3 is 2.73 bits per heavy atom. The van der Waals surface area contributed by atoms with E-state index in [9.17, 15) is 9.90 Å². The number of hydrogen-bond donors (Lipinski definition) is 1. The zero-order valence-electron chi connectivity index (χ0n) is 9.13. The summed E-state index contributed by atoms with van der Waals surface area (Å²) >= 11 is 0. The first kappa shape index (κ1) is 10.0. The molecule has 0 aromatic heterocycles. The summed E-state index contributed by atoms with van der Waals surface area (Å²) in [7, 11) is 0. The zero-order valence-corrected chi connectivity index (χ0v) is 9.13. The van der Waals surface area contributed by atoms with Gasteiger partial charge in [-0.05, 0) is 18.6 Å². The quantitative estimate of drug-likeness (QED) is 0.523. The molecule has 2 rings (SSSR count). The fraction of sp³-hybridized carbons (Fsp3) is 0.417. The highest BCUT2D eigenvalue weighted by atomic mass is 16.5. The number of ether oxygens (including phenoxy) is 1. The Kier molecular flexibility index (Phi) is 2.00. The lowest BCUT2D eigenvalue weighted by Gasteiger charge is -2.32. The number of carbonyl (C=O) groups is 1. The number of phenolic OH excluding ortho intramolecular Hbond substituents is 1. The van der Waals surface area contributed by atoms with Crippen LogP contribution >= 0.6 is 0 Å². The minimum Gasteiger partial charge on any atom is -0.508 e. The Labute approximate surface area is 88.7 Å². The van der Waals surface area contributed by atoms with Gasteiger partial charge in [-0.15, -0.1) is 0 Å². The monoisotopic (exact) mass is 206 g/mol. The molecule has 1 aliphatic rings. The van der Waals surface area contributed by atoms with E-state index < -0.39 is 0 Å². The van der Waals surface area contributed by atoms with Crippen molar-refractivity contribution in [1.29, 1.82) is 0 Å². The fourth-order valence-corrected chi connectivity index (χ4v) is 2.29. The number of carbonyl (C=O) groups excluding carboxylic acids is 1. The van der Waals surface area contributed by atoms with Crippen LogP contribution in [0.2, 0.25) is 0 Å². The summed E-state index contributed by atoms with van der Waals surface area (Å²) in [6, 6.07) is 3.20. The normalized spacial score (nSPS) is 18.2. The summed E-state index contributed by atoms with van der Waals surface area (Å²) in [4.78, 5) is 11.4. The van der Waals surface area contributed by atoms with Gasteiger partial charge in [-0.25, -0.2) is 0 Å². The second-order valence-corrected chi connectivity index (χ2v) is 4.67. The Balaban J connectivity index is 2.67. The molecule has 1 heterocycles. The molecule has 0 amide bonds. The molecule has 0 saturated heterocycles. The topological polar surface area (TPSA) is 46.5 Å². The minimum absolute atomic E-state index is 0.136. The first-order valence-corrected chi connectivity index (χ1v) is 4.95. The Hall–Kier alpha value is -1.51. The van der Waals surface area contributed by atoms with Crippen LogP contribution < -0.4 is 4.74 Å². The van der Waals surface area contributed by atoms with E-state index in [1.807, 2.05) is 20.8 Å². The summed E-state index contributed by atoms with van der Waals surface area (Å²) in [5.41, 5.74) is 1.75. The SMILES string of the molecule is Cc1cc(O)cc2c1C(C)(C)CC(=O)O2. The highest BCUT2D eigenvalue weighted by Crippen LogP contribution is 2.42. The second-order valence-electron chi connectivity index (χ2n) is 4.67. The first-order valence-electron chi connectivity index (χ1n) is 4.95. The van der Waals surface area contributed by atoms with Gasteiger partial charge in [0.15, 0.2) is 0 Å². The van der Waals surface area contributed by atoms with E-state index in [-0.39, 0.29) is 17.1 Å². The maximum atomic E-state index is 11.4. The predicted octanol–water partition coefficient (Wildman–Crippen LogP) is 2.29. The van der Waals surface area contributed by atoms with Gasteiger partial charge in [0, 0.05) is 17.0 Å². The number of rotatable bonds is 0. The van der Waals surface area contributed by atoms with E-state index in [1.54, 1.807) is 6.07 Å². The summed E-state index contributed by atoms with van der Waals surface area (Å²) in [5, 5.41) is 9.43. The number of benzene rings is 1. The standard InChI is InChI=1S/C12H14O3/c1-7-4-8(13)5-9-11(7)12(2,3)6-10(14)15-9/h4-5,13H,6H2,1-3H3. The van der Waals surface area contributed by atoms with Crippen molar-refractivity contribution in [2.75, 3.05) is 0 Å². The molecule has 0 fully saturated rings. The molecule has 3 heteroatoms. The van der Waals surface area contributed by atoms with Gasteiger partial charge in [0.2, 0.25) is 0 Å². The van der Waals surface area contributed by atoms with E-state index in [4.69, 9.17) is 4.74 Å². The number of phenols is 1. The fourth-order valence-electron chi connectivity index (χ4n) is 2.29. The van der Waals surface area contributed by atoms with Crippen molar-refractivity contribution in [3.05, 3.63) is 23.3 Å². The van der Waals surface area contributed by atoms with Crippen molar-refractivity contribution in [3.8, 4) is 11.5 Å². The van der Waals surface area contributed by atoms with Crippen molar-refractivity contribution in [3.63, 3.8) is 0 Å². The highest BCUT2D eigenvalue weighted by molar-refractivity contribution is 5.78. The second kappa shape index (κ2) is 2.99. The van der Waals surface area contributed by atoms with Crippen LogP contribution in [-0.4, -0.2) is 11.1 Å². The van der Waals surface area contributed by atoms with Crippen molar-refractivity contribution in [2.24, 2.45) is 0 Å². The van der Waals surface area contributed by atoms with E-state index in [0.717, 1.165) is 11.1 Å². The molecule has 1 aromatic rings. The first-order chi connectivity index (χ1) is 6.90. The van der Waals surface area contributed by atoms with Crippen LogP contribution in [0, 0.1) is 6.92 Å². The van der Waals surface area contributed by atoms with E-state index >= 15 is 0 Å². The molecule has 1 N–H and O–H groups in total. The molecule has 0 spiro atoms. The van der Waals surface area contributed by atoms with Gasteiger partial charge < -0.3 is 9.84 Å². The third kappa shape index (κ3) is 1.58. The molecule has 0 unspecified atom stereocenters. The van der Waals surface area contributed by atoms with E-state index in [1.165, 1.54) is 6.07 Å². The molecule has 0 atom stereocenters. The van der Waals surface area contributed by atoms with Crippen LogP contribution in [0.3, 0.4) is 0 Å². The van der Waals surface area contributed by atoms with Crippen molar-refractivity contribution in [1.82, 2.24) is 0 Å². The third-order valence-corrected chi connectivity index (χ3v) is 2.77. The van der Waals surface area contributed by atoms with Gasteiger partial charge in [0.1, 0.15) is 11.5 Å². The van der Waals surface area contributed by atoms with Crippen LogP contribution in [0.15, 0.2) is 12.1 Å². The van der Waals surface area contributed by atoms with E-state index in [2.05, 4.69) is 0 Å². The average Bonchev–Trinajstić information content (AvgIpc) is 1.97. The van der Waals surface area contributed by atoms with Gasteiger partial charge in [0.05, 0.1) is 6.42 Å². The van der Waals surface area contributed by atoms with Gasteiger partial charge in [0.25, 0.3) is 0 Å². The van der Waals surface area contributed by atoms with Crippen LogP contribution in [0.25, 0.3) is 0 Å². The van der Waals surface area contributed by atoms with Crippen LogP contribution in [-0.2, 0) is 10.2 Å². The largest absolute Gasteiger partial charge is 0.508 e. The number of aryl methyl sites for hydroxylation is 1. The molecular formula is C12H14O3. The Bertz CT molecular complexity index is 433. The minimum atomic E-state index is -0.238. The third-order valence-electron chi connectivity index (χ3n) is 2.77. The molecule has 0 radical (unpaired) electrons. The van der Waals surface area contributed by atoms with E-state index in [0.29, 0.717) is 12.2 Å². The number of aromatic hydroxyl groups is 1. The van der Waals surface area contributed by atoms with Gasteiger partial charge in [-0.3, -0.25) is 4.79 Å². The molecule has 15 heavy (non-hydrogen) atoms. The molecule has 0 saturated carbocycles. The molecule has 1 aromatic carbocycles.